The fraction of sp³-hybridized carbons (Fsp3) is 0.353. The van der Waals surface area contributed by atoms with Gasteiger partial charge < -0.3 is 14.5 Å². The van der Waals surface area contributed by atoms with Crippen molar-refractivity contribution in [2.45, 2.75) is 33.9 Å². The number of rotatable bonds is 6. The van der Waals surface area contributed by atoms with Crippen LogP contribution in [0.1, 0.15) is 39.9 Å². The third kappa shape index (κ3) is 4.20. The van der Waals surface area contributed by atoms with Crippen molar-refractivity contribution in [3.63, 3.8) is 0 Å². The van der Waals surface area contributed by atoms with E-state index >= 15 is 0 Å². The zero-order chi connectivity index (χ0) is 15.2. The fourth-order valence-electron chi connectivity index (χ4n) is 2.11. The van der Waals surface area contributed by atoms with E-state index in [2.05, 4.69) is 5.32 Å². The van der Waals surface area contributed by atoms with E-state index in [0.29, 0.717) is 31.1 Å². The number of hydrogen-bond acceptors (Lipinski definition) is 3. The summed E-state index contributed by atoms with van der Waals surface area (Å²) in [7, 11) is 0. The Balaban J connectivity index is 1.90. The van der Waals surface area contributed by atoms with Gasteiger partial charge in [-0.05, 0) is 38.0 Å². The Kier molecular flexibility index (Phi) is 5.17. The average molecular weight is 287 g/mol. The first-order valence-corrected chi connectivity index (χ1v) is 7.11. The molecule has 0 aliphatic carbocycles. The van der Waals surface area contributed by atoms with E-state index < -0.39 is 0 Å². The summed E-state index contributed by atoms with van der Waals surface area (Å²) in [6.45, 7) is 7.43. The van der Waals surface area contributed by atoms with Crippen LogP contribution < -0.4 is 5.32 Å². The zero-order valence-corrected chi connectivity index (χ0v) is 12.7. The van der Waals surface area contributed by atoms with Crippen LogP contribution in [0, 0.1) is 13.8 Å². The highest BCUT2D eigenvalue weighted by atomic mass is 16.5. The maximum Gasteiger partial charge on any atom is 0.255 e. The number of carbonyl (C=O) groups is 1. The summed E-state index contributed by atoms with van der Waals surface area (Å²) in [5.74, 6) is 1.29. The number of aryl methyl sites for hydroxylation is 2. The first-order chi connectivity index (χ1) is 10.1. The second-order valence-electron chi connectivity index (χ2n) is 4.96. The number of benzene rings is 1. The smallest absolute Gasteiger partial charge is 0.255 e. The minimum absolute atomic E-state index is 0.109. The van der Waals surface area contributed by atoms with Crippen LogP contribution in [-0.4, -0.2) is 12.5 Å². The topological polar surface area (TPSA) is 51.5 Å². The molecule has 21 heavy (non-hydrogen) atoms. The van der Waals surface area contributed by atoms with Crippen molar-refractivity contribution in [3.8, 4) is 0 Å². The van der Waals surface area contributed by atoms with Crippen molar-refractivity contribution in [2.24, 2.45) is 0 Å². The van der Waals surface area contributed by atoms with E-state index in [-0.39, 0.29) is 5.91 Å². The normalized spacial score (nSPS) is 10.6. The second kappa shape index (κ2) is 7.09. The van der Waals surface area contributed by atoms with E-state index in [0.717, 1.165) is 16.9 Å². The molecule has 4 heteroatoms. The standard InChI is InChI=1S/C17H21NO3/c1-4-20-11-15-7-5-14(6-8-15)10-18-17(19)16-9-12(2)21-13(16)3/h5-9H,4,10-11H2,1-3H3,(H,18,19). The lowest BCUT2D eigenvalue weighted by Crippen LogP contribution is -2.22. The van der Waals surface area contributed by atoms with E-state index in [1.165, 1.54) is 0 Å². The summed E-state index contributed by atoms with van der Waals surface area (Å²) in [6, 6.07) is 9.80. The lowest BCUT2D eigenvalue weighted by atomic mass is 10.1. The van der Waals surface area contributed by atoms with E-state index in [9.17, 15) is 4.79 Å². The largest absolute Gasteiger partial charge is 0.466 e. The Hall–Kier alpha value is -2.07. The van der Waals surface area contributed by atoms with Gasteiger partial charge >= 0.3 is 0 Å². The van der Waals surface area contributed by atoms with Crippen molar-refractivity contribution in [1.82, 2.24) is 5.32 Å². The van der Waals surface area contributed by atoms with Crippen LogP contribution >= 0.6 is 0 Å². The van der Waals surface area contributed by atoms with Crippen molar-refractivity contribution in [3.05, 3.63) is 58.5 Å². The Labute approximate surface area is 125 Å². The maximum absolute atomic E-state index is 12.1. The highest BCUT2D eigenvalue weighted by molar-refractivity contribution is 5.95. The zero-order valence-electron chi connectivity index (χ0n) is 12.7. The molecule has 112 valence electrons. The molecule has 0 unspecified atom stereocenters. The Bertz CT molecular complexity index is 599. The number of amides is 1. The summed E-state index contributed by atoms with van der Waals surface area (Å²) >= 11 is 0. The van der Waals surface area contributed by atoms with Crippen LogP contribution in [0.25, 0.3) is 0 Å². The van der Waals surface area contributed by atoms with Gasteiger partial charge in [-0.1, -0.05) is 24.3 Å². The van der Waals surface area contributed by atoms with Crippen LogP contribution in [0.5, 0.6) is 0 Å². The number of furan rings is 1. The summed E-state index contributed by atoms with van der Waals surface area (Å²) in [4.78, 5) is 12.1. The van der Waals surface area contributed by atoms with Gasteiger partial charge in [0.1, 0.15) is 11.5 Å². The fourth-order valence-corrected chi connectivity index (χ4v) is 2.11. The lowest BCUT2D eigenvalue weighted by molar-refractivity contribution is 0.0949. The molecular formula is C17H21NO3. The van der Waals surface area contributed by atoms with Gasteiger partial charge in [0.05, 0.1) is 12.2 Å². The molecule has 0 spiro atoms. The Morgan fingerprint density at radius 3 is 2.43 bits per heavy atom. The Morgan fingerprint density at radius 2 is 1.86 bits per heavy atom. The number of ether oxygens (including phenoxy) is 1. The molecule has 1 heterocycles. The summed E-state index contributed by atoms with van der Waals surface area (Å²) < 4.78 is 10.7. The van der Waals surface area contributed by atoms with Crippen LogP contribution in [0.2, 0.25) is 0 Å². The second-order valence-corrected chi connectivity index (χ2v) is 4.96. The number of carbonyl (C=O) groups excluding carboxylic acids is 1. The molecule has 0 bridgehead atoms. The van der Waals surface area contributed by atoms with Crippen molar-refractivity contribution in [2.75, 3.05) is 6.61 Å². The highest BCUT2D eigenvalue weighted by Gasteiger charge is 2.12. The van der Waals surface area contributed by atoms with Gasteiger partial charge in [-0.15, -0.1) is 0 Å². The highest BCUT2D eigenvalue weighted by Crippen LogP contribution is 2.13. The molecule has 0 saturated carbocycles. The number of hydrogen-bond donors (Lipinski definition) is 1. The Morgan fingerprint density at radius 1 is 1.19 bits per heavy atom. The average Bonchev–Trinajstić information content (AvgIpc) is 2.82. The molecule has 0 fully saturated rings. The van der Waals surface area contributed by atoms with Crippen LogP contribution in [-0.2, 0) is 17.9 Å². The molecule has 1 aromatic heterocycles. The molecule has 1 aromatic carbocycles. The molecule has 2 aromatic rings. The van der Waals surface area contributed by atoms with Crippen molar-refractivity contribution < 1.29 is 13.9 Å². The third-order valence-corrected chi connectivity index (χ3v) is 3.23. The molecule has 1 N–H and O–H groups in total. The van der Waals surface area contributed by atoms with Crippen LogP contribution in [0.4, 0.5) is 0 Å². The first kappa shape index (κ1) is 15.3. The molecular weight excluding hydrogens is 266 g/mol. The first-order valence-electron chi connectivity index (χ1n) is 7.11. The van der Waals surface area contributed by atoms with E-state index in [1.54, 1.807) is 13.0 Å². The van der Waals surface area contributed by atoms with Gasteiger partial charge in [-0.2, -0.15) is 0 Å². The molecule has 0 atom stereocenters. The third-order valence-electron chi connectivity index (χ3n) is 3.23. The molecule has 0 aliphatic heterocycles. The van der Waals surface area contributed by atoms with E-state index in [1.807, 2.05) is 38.1 Å². The van der Waals surface area contributed by atoms with Crippen molar-refractivity contribution in [1.29, 1.82) is 0 Å². The van der Waals surface area contributed by atoms with Gasteiger partial charge in [-0.3, -0.25) is 4.79 Å². The molecule has 0 saturated heterocycles. The lowest BCUT2D eigenvalue weighted by Gasteiger charge is -2.06. The molecule has 2 rings (SSSR count). The predicted octanol–water partition coefficient (Wildman–Crippen LogP) is 3.36. The summed E-state index contributed by atoms with van der Waals surface area (Å²) in [5, 5.41) is 2.90. The summed E-state index contributed by atoms with van der Waals surface area (Å²) in [5.41, 5.74) is 2.79. The minimum atomic E-state index is -0.109. The van der Waals surface area contributed by atoms with Gasteiger partial charge in [-0.25, -0.2) is 0 Å². The van der Waals surface area contributed by atoms with Crippen LogP contribution in [0.15, 0.2) is 34.7 Å². The van der Waals surface area contributed by atoms with Gasteiger partial charge in [0.25, 0.3) is 5.91 Å². The molecule has 0 radical (unpaired) electrons. The molecule has 1 amide bonds. The predicted molar refractivity (Wildman–Crippen MR) is 81.1 cm³/mol. The van der Waals surface area contributed by atoms with Gasteiger partial charge in [0.2, 0.25) is 0 Å². The van der Waals surface area contributed by atoms with Crippen LogP contribution in [0.3, 0.4) is 0 Å². The molecule has 4 nitrogen and oxygen atoms in total. The molecule has 0 aliphatic rings. The minimum Gasteiger partial charge on any atom is -0.466 e. The maximum atomic E-state index is 12.1. The monoisotopic (exact) mass is 287 g/mol. The quantitative estimate of drug-likeness (QED) is 0.886. The van der Waals surface area contributed by atoms with Gasteiger partial charge in [0, 0.05) is 13.2 Å². The van der Waals surface area contributed by atoms with E-state index in [4.69, 9.17) is 9.15 Å². The summed E-state index contributed by atoms with van der Waals surface area (Å²) in [6.07, 6.45) is 0. The van der Waals surface area contributed by atoms with Crippen molar-refractivity contribution >= 4 is 5.91 Å². The van der Waals surface area contributed by atoms with Gasteiger partial charge in [0.15, 0.2) is 0 Å². The number of nitrogens with one attached hydrogen (secondary N) is 1. The SMILES string of the molecule is CCOCc1ccc(CNC(=O)c2cc(C)oc2C)cc1.